The van der Waals surface area contributed by atoms with Gasteiger partial charge in [0.25, 0.3) is 0 Å². The van der Waals surface area contributed by atoms with Gasteiger partial charge in [-0.2, -0.15) is 0 Å². The summed E-state index contributed by atoms with van der Waals surface area (Å²) in [5, 5.41) is 0. The molecule has 1 amide bonds. The van der Waals surface area contributed by atoms with E-state index < -0.39 is 0 Å². The van der Waals surface area contributed by atoms with Crippen LogP contribution in [0.5, 0.6) is 0 Å². The standard InChI is InChI=1S/C4H9NO.Zr/c1-3(2)4(5)6;/h3H,1-2H3,(H2,5,6);. The summed E-state index contributed by atoms with van der Waals surface area (Å²) in [6, 6.07) is 0. The zero-order chi connectivity index (χ0) is 5.15. The van der Waals surface area contributed by atoms with E-state index in [4.69, 9.17) is 5.73 Å². The number of nitrogens with two attached hydrogens (primary N) is 1. The summed E-state index contributed by atoms with van der Waals surface area (Å²) in [6.07, 6.45) is 0. The van der Waals surface area contributed by atoms with Crippen LogP contribution >= 0.6 is 0 Å². The van der Waals surface area contributed by atoms with Crippen molar-refractivity contribution in [2.24, 2.45) is 11.7 Å². The molecule has 0 rings (SSSR count). The molecular formula is C4H9NOZr. The quantitative estimate of drug-likeness (QED) is 0.609. The van der Waals surface area contributed by atoms with Crippen LogP contribution in [0.15, 0.2) is 0 Å². The molecule has 40 valence electrons. The Hall–Kier alpha value is 0.353. The van der Waals surface area contributed by atoms with E-state index in [0.717, 1.165) is 0 Å². The molecule has 0 aromatic carbocycles. The summed E-state index contributed by atoms with van der Waals surface area (Å²) in [6.45, 7) is 3.53. The van der Waals surface area contributed by atoms with Crippen LogP contribution in [0.25, 0.3) is 0 Å². The van der Waals surface area contributed by atoms with Gasteiger partial charge < -0.3 is 5.73 Å². The van der Waals surface area contributed by atoms with Gasteiger partial charge in [-0.15, -0.1) is 0 Å². The maximum absolute atomic E-state index is 9.92. The fourth-order valence-corrected chi connectivity index (χ4v) is 0. The maximum atomic E-state index is 9.92. The smallest absolute Gasteiger partial charge is 0.219 e. The van der Waals surface area contributed by atoms with Crippen molar-refractivity contribution in [2.75, 3.05) is 0 Å². The molecule has 2 N–H and O–H groups in total. The molecule has 0 heterocycles. The molecule has 7 heavy (non-hydrogen) atoms. The van der Waals surface area contributed by atoms with E-state index in [2.05, 4.69) is 0 Å². The minimum atomic E-state index is -0.241. The minimum absolute atomic E-state index is 0. The topological polar surface area (TPSA) is 43.1 Å². The normalized spacial score (nSPS) is 7.86. The van der Waals surface area contributed by atoms with Crippen molar-refractivity contribution >= 4 is 5.91 Å². The maximum Gasteiger partial charge on any atom is 0.219 e. The molecule has 3 heteroatoms. The van der Waals surface area contributed by atoms with Crippen molar-refractivity contribution in [1.29, 1.82) is 0 Å². The van der Waals surface area contributed by atoms with Crippen molar-refractivity contribution in [3.05, 3.63) is 0 Å². The second kappa shape index (κ2) is 4.51. The molecule has 0 aliphatic heterocycles. The SMILES string of the molecule is CC(C)C(N)=O.[Zr]. The summed E-state index contributed by atoms with van der Waals surface area (Å²) in [5.41, 5.74) is 4.80. The first-order chi connectivity index (χ1) is 2.64. The van der Waals surface area contributed by atoms with E-state index in [0.29, 0.717) is 0 Å². The second-order valence-corrected chi connectivity index (χ2v) is 1.56. The first kappa shape index (κ1) is 10.4. The first-order valence-electron chi connectivity index (χ1n) is 1.94. The molecule has 0 aliphatic rings. The van der Waals surface area contributed by atoms with Crippen LogP contribution in [0, 0.1) is 5.92 Å². The van der Waals surface area contributed by atoms with Crippen LogP contribution in [0.4, 0.5) is 0 Å². The Bertz CT molecular complexity index is 62.7. The van der Waals surface area contributed by atoms with Gasteiger partial charge in [0.05, 0.1) is 0 Å². The average molecular weight is 178 g/mol. The van der Waals surface area contributed by atoms with Crippen LogP contribution in [-0.2, 0) is 31.0 Å². The van der Waals surface area contributed by atoms with Gasteiger partial charge in [0.1, 0.15) is 0 Å². The van der Waals surface area contributed by atoms with Gasteiger partial charge in [-0.1, -0.05) is 13.8 Å². The van der Waals surface area contributed by atoms with Gasteiger partial charge in [-0.3, -0.25) is 4.79 Å². The molecule has 0 spiro atoms. The second-order valence-electron chi connectivity index (χ2n) is 1.56. The Balaban J connectivity index is 0. The largest absolute Gasteiger partial charge is 0.369 e. The zero-order valence-electron chi connectivity index (χ0n) is 4.56. The summed E-state index contributed by atoms with van der Waals surface area (Å²) < 4.78 is 0. The van der Waals surface area contributed by atoms with E-state index >= 15 is 0 Å². The van der Waals surface area contributed by atoms with Gasteiger partial charge in [0.2, 0.25) is 5.91 Å². The molecule has 0 fully saturated rings. The van der Waals surface area contributed by atoms with Crippen molar-refractivity contribution in [3.63, 3.8) is 0 Å². The Morgan fingerprint density at radius 3 is 1.71 bits per heavy atom. The summed E-state index contributed by atoms with van der Waals surface area (Å²) >= 11 is 0. The van der Waals surface area contributed by atoms with E-state index in [1.807, 2.05) is 0 Å². The fraction of sp³-hybridized carbons (Fsp3) is 0.750. The van der Waals surface area contributed by atoms with Crippen molar-refractivity contribution in [3.8, 4) is 0 Å². The molecular weight excluding hydrogens is 169 g/mol. The molecule has 0 aromatic rings. The third kappa shape index (κ3) is 6.35. The van der Waals surface area contributed by atoms with Crippen LogP contribution in [0.2, 0.25) is 0 Å². The molecule has 2 nitrogen and oxygen atoms in total. The number of carbonyl (C=O) groups excluding carboxylic acids is 1. The van der Waals surface area contributed by atoms with Crippen LogP contribution in [-0.4, -0.2) is 5.91 Å². The molecule has 0 saturated carbocycles. The Kier molecular flexibility index (Phi) is 6.67. The zero-order valence-corrected chi connectivity index (χ0v) is 7.02. The molecule has 0 radical (unpaired) electrons. The monoisotopic (exact) mass is 177 g/mol. The molecule has 0 aromatic heterocycles. The number of hydrogen-bond acceptors (Lipinski definition) is 1. The number of carbonyl (C=O) groups is 1. The molecule has 0 aliphatic carbocycles. The van der Waals surface area contributed by atoms with Gasteiger partial charge in [-0.05, 0) is 0 Å². The predicted octanol–water partition coefficient (Wildman–Crippen LogP) is 0.125. The van der Waals surface area contributed by atoms with E-state index in [1.54, 1.807) is 13.8 Å². The number of primary amides is 1. The van der Waals surface area contributed by atoms with Gasteiger partial charge in [-0.25, -0.2) is 0 Å². The van der Waals surface area contributed by atoms with Gasteiger partial charge in [0, 0.05) is 32.1 Å². The van der Waals surface area contributed by atoms with Gasteiger partial charge >= 0.3 is 0 Å². The van der Waals surface area contributed by atoms with Crippen molar-refractivity contribution in [1.82, 2.24) is 0 Å². The third-order valence-electron chi connectivity index (χ3n) is 0.569. The first-order valence-corrected chi connectivity index (χ1v) is 1.94. The molecule has 0 bridgehead atoms. The van der Waals surface area contributed by atoms with Gasteiger partial charge in [0.15, 0.2) is 0 Å². The summed E-state index contributed by atoms with van der Waals surface area (Å²) in [5.74, 6) is -0.250. The summed E-state index contributed by atoms with van der Waals surface area (Å²) in [7, 11) is 0. The molecule has 0 unspecified atom stereocenters. The van der Waals surface area contributed by atoms with Crippen molar-refractivity contribution in [2.45, 2.75) is 13.8 Å². The van der Waals surface area contributed by atoms with E-state index in [9.17, 15) is 4.79 Å². The van der Waals surface area contributed by atoms with Crippen molar-refractivity contribution < 1.29 is 31.0 Å². The Morgan fingerprint density at radius 2 is 1.71 bits per heavy atom. The molecule has 0 atom stereocenters. The summed E-state index contributed by atoms with van der Waals surface area (Å²) in [4.78, 5) is 9.92. The van der Waals surface area contributed by atoms with Crippen LogP contribution in [0.1, 0.15) is 13.8 Å². The fourth-order valence-electron chi connectivity index (χ4n) is 0. The Labute approximate surface area is 62.6 Å². The predicted molar refractivity (Wildman–Crippen MR) is 24.0 cm³/mol. The average Bonchev–Trinajstić information content (AvgIpc) is 1.36. The Morgan fingerprint density at radius 1 is 1.57 bits per heavy atom. The number of rotatable bonds is 1. The number of amides is 1. The van der Waals surface area contributed by atoms with Crippen LogP contribution in [0.3, 0.4) is 0 Å². The third-order valence-corrected chi connectivity index (χ3v) is 0.569. The van der Waals surface area contributed by atoms with E-state index in [-0.39, 0.29) is 38.0 Å². The minimum Gasteiger partial charge on any atom is -0.369 e. The number of hydrogen-bond donors (Lipinski definition) is 1. The van der Waals surface area contributed by atoms with Crippen LogP contribution < -0.4 is 5.73 Å². The van der Waals surface area contributed by atoms with E-state index in [1.165, 1.54) is 0 Å². The molecule has 0 saturated heterocycles.